The van der Waals surface area contributed by atoms with Crippen molar-refractivity contribution in [2.24, 2.45) is 0 Å². The average molecular weight is 331 g/mol. The predicted octanol–water partition coefficient (Wildman–Crippen LogP) is 3.84. The summed E-state index contributed by atoms with van der Waals surface area (Å²) >= 11 is 11.9. The predicted molar refractivity (Wildman–Crippen MR) is 83.3 cm³/mol. The van der Waals surface area contributed by atoms with Gasteiger partial charge in [-0.25, -0.2) is 8.42 Å². The molecule has 20 heavy (non-hydrogen) atoms. The van der Waals surface area contributed by atoms with Crippen molar-refractivity contribution in [2.45, 2.75) is 4.90 Å². The van der Waals surface area contributed by atoms with Gasteiger partial charge in [0, 0.05) is 12.7 Å². The topological polar surface area (TPSA) is 58.2 Å². The van der Waals surface area contributed by atoms with Gasteiger partial charge in [0.1, 0.15) is 0 Å². The van der Waals surface area contributed by atoms with E-state index in [4.69, 9.17) is 23.2 Å². The third-order valence-corrected chi connectivity index (χ3v) is 4.65. The molecule has 0 heterocycles. The second-order valence-electron chi connectivity index (χ2n) is 3.98. The number of sulfonamides is 1. The third-order valence-electron chi connectivity index (χ3n) is 2.65. The molecule has 0 radical (unpaired) electrons. The molecule has 0 aromatic heterocycles. The zero-order valence-electron chi connectivity index (χ0n) is 10.5. The molecule has 2 aromatic carbocycles. The lowest BCUT2D eigenvalue weighted by atomic mass is 10.3. The van der Waals surface area contributed by atoms with Crippen molar-refractivity contribution in [3.8, 4) is 0 Å². The zero-order chi connectivity index (χ0) is 14.8. The van der Waals surface area contributed by atoms with Crippen molar-refractivity contribution in [1.29, 1.82) is 0 Å². The Bertz CT molecular complexity index is 695. The lowest BCUT2D eigenvalue weighted by Gasteiger charge is -2.11. The molecule has 0 aliphatic carbocycles. The van der Waals surface area contributed by atoms with Gasteiger partial charge in [-0.05, 0) is 36.4 Å². The van der Waals surface area contributed by atoms with Crippen LogP contribution in [0, 0.1) is 0 Å². The molecular formula is C13H12Cl2N2O2S. The molecule has 2 N–H and O–H groups in total. The Morgan fingerprint density at radius 1 is 0.950 bits per heavy atom. The summed E-state index contributed by atoms with van der Waals surface area (Å²) in [6, 6.07) is 11.1. The van der Waals surface area contributed by atoms with Crippen LogP contribution in [0.25, 0.3) is 0 Å². The quantitative estimate of drug-likeness (QED) is 0.895. The first-order valence-corrected chi connectivity index (χ1v) is 7.92. The molecule has 0 saturated carbocycles. The monoisotopic (exact) mass is 330 g/mol. The fraction of sp³-hybridized carbons (Fsp3) is 0.0769. The summed E-state index contributed by atoms with van der Waals surface area (Å²) in [6.45, 7) is 0. The molecule has 0 saturated heterocycles. The molecule has 0 bridgehead atoms. The summed E-state index contributed by atoms with van der Waals surface area (Å²) < 4.78 is 26.9. The Labute approximate surface area is 127 Å². The second kappa shape index (κ2) is 5.91. The van der Waals surface area contributed by atoms with E-state index < -0.39 is 10.0 Å². The summed E-state index contributed by atoms with van der Waals surface area (Å²) in [5.74, 6) is 0. The van der Waals surface area contributed by atoms with Gasteiger partial charge < -0.3 is 5.32 Å². The summed E-state index contributed by atoms with van der Waals surface area (Å²) in [5.41, 5.74) is 0.994. The van der Waals surface area contributed by atoms with Crippen molar-refractivity contribution in [2.75, 3.05) is 17.1 Å². The Kier molecular flexibility index (Phi) is 4.42. The van der Waals surface area contributed by atoms with E-state index in [1.165, 1.54) is 12.1 Å². The van der Waals surface area contributed by atoms with E-state index in [0.29, 0.717) is 0 Å². The van der Waals surface area contributed by atoms with Gasteiger partial charge in [-0.2, -0.15) is 0 Å². The molecule has 0 unspecified atom stereocenters. The highest BCUT2D eigenvalue weighted by Gasteiger charge is 2.17. The first-order valence-electron chi connectivity index (χ1n) is 5.68. The van der Waals surface area contributed by atoms with Crippen LogP contribution in [0.4, 0.5) is 11.4 Å². The van der Waals surface area contributed by atoms with Crippen LogP contribution in [-0.2, 0) is 10.0 Å². The number of para-hydroxylation sites is 1. The van der Waals surface area contributed by atoms with Crippen LogP contribution >= 0.6 is 23.2 Å². The number of anilines is 2. The van der Waals surface area contributed by atoms with Crippen molar-refractivity contribution >= 4 is 44.6 Å². The Morgan fingerprint density at radius 3 is 2.00 bits per heavy atom. The smallest absolute Gasteiger partial charge is 0.261 e. The number of benzene rings is 2. The van der Waals surface area contributed by atoms with E-state index in [-0.39, 0.29) is 20.6 Å². The highest BCUT2D eigenvalue weighted by atomic mass is 35.5. The van der Waals surface area contributed by atoms with Crippen LogP contribution in [-0.4, -0.2) is 15.5 Å². The van der Waals surface area contributed by atoms with Crippen LogP contribution in [0.3, 0.4) is 0 Å². The molecule has 2 rings (SSSR count). The largest absolute Gasteiger partial charge is 0.388 e. The number of hydrogen-bond donors (Lipinski definition) is 2. The van der Waals surface area contributed by atoms with E-state index in [0.717, 1.165) is 5.69 Å². The van der Waals surface area contributed by atoms with E-state index in [2.05, 4.69) is 10.0 Å². The van der Waals surface area contributed by atoms with Crippen LogP contribution < -0.4 is 10.0 Å². The Balaban J connectivity index is 2.35. The van der Waals surface area contributed by atoms with Gasteiger partial charge in [0.2, 0.25) is 0 Å². The minimum atomic E-state index is -3.73. The minimum absolute atomic E-state index is 0.132. The van der Waals surface area contributed by atoms with Crippen LogP contribution in [0.15, 0.2) is 47.4 Å². The molecule has 0 atom stereocenters. The first-order chi connectivity index (χ1) is 9.44. The molecule has 2 aromatic rings. The van der Waals surface area contributed by atoms with Gasteiger partial charge in [-0.1, -0.05) is 29.3 Å². The van der Waals surface area contributed by atoms with E-state index >= 15 is 0 Å². The number of nitrogens with one attached hydrogen (secondary N) is 2. The summed E-state index contributed by atoms with van der Waals surface area (Å²) in [7, 11) is -1.97. The van der Waals surface area contributed by atoms with E-state index in [1.54, 1.807) is 37.4 Å². The normalized spacial score (nSPS) is 11.2. The van der Waals surface area contributed by atoms with Gasteiger partial charge in [-0.15, -0.1) is 0 Å². The van der Waals surface area contributed by atoms with Crippen molar-refractivity contribution in [3.63, 3.8) is 0 Å². The minimum Gasteiger partial charge on any atom is -0.388 e. The Hall–Kier alpha value is -1.43. The highest BCUT2D eigenvalue weighted by molar-refractivity contribution is 7.92. The fourth-order valence-corrected chi connectivity index (χ4v) is 3.29. The molecule has 0 amide bonds. The van der Waals surface area contributed by atoms with Gasteiger partial charge in [0.25, 0.3) is 10.0 Å². The molecule has 4 nitrogen and oxygen atoms in total. The average Bonchev–Trinajstić information content (AvgIpc) is 2.43. The first kappa shape index (κ1) is 15.0. The van der Waals surface area contributed by atoms with Crippen molar-refractivity contribution in [3.05, 3.63) is 52.5 Å². The van der Waals surface area contributed by atoms with Crippen LogP contribution in [0.2, 0.25) is 10.0 Å². The van der Waals surface area contributed by atoms with Crippen molar-refractivity contribution < 1.29 is 8.42 Å². The maximum Gasteiger partial charge on any atom is 0.261 e. The molecule has 0 aliphatic rings. The standard InChI is InChI=1S/C13H12Cl2N2O2S/c1-16-9-5-7-10(8-6-9)20(18,19)17-13-11(14)3-2-4-12(13)15/h2-8,16-17H,1H3. The SMILES string of the molecule is CNc1ccc(S(=O)(=O)Nc2c(Cl)cccc2Cl)cc1. The highest BCUT2D eigenvalue weighted by Crippen LogP contribution is 2.31. The summed E-state index contributed by atoms with van der Waals surface area (Å²) in [6.07, 6.45) is 0. The lowest BCUT2D eigenvalue weighted by Crippen LogP contribution is -2.13. The van der Waals surface area contributed by atoms with Crippen molar-refractivity contribution in [1.82, 2.24) is 0 Å². The molecule has 0 aliphatic heterocycles. The summed E-state index contributed by atoms with van der Waals surface area (Å²) in [4.78, 5) is 0.132. The Morgan fingerprint density at radius 2 is 1.50 bits per heavy atom. The van der Waals surface area contributed by atoms with Crippen LogP contribution in [0.1, 0.15) is 0 Å². The maximum atomic E-state index is 12.3. The molecule has 106 valence electrons. The second-order valence-corrected chi connectivity index (χ2v) is 6.47. The number of rotatable bonds is 4. The number of hydrogen-bond acceptors (Lipinski definition) is 3. The van der Waals surface area contributed by atoms with E-state index in [1.807, 2.05) is 0 Å². The fourth-order valence-electron chi connectivity index (χ4n) is 1.59. The van der Waals surface area contributed by atoms with Gasteiger partial charge in [0.15, 0.2) is 0 Å². The van der Waals surface area contributed by atoms with E-state index in [9.17, 15) is 8.42 Å². The third kappa shape index (κ3) is 3.17. The molecule has 0 fully saturated rings. The van der Waals surface area contributed by atoms with Gasteiger partial charge in [-0.3, -0.25) is 4.72 Å². The lowest BCUT2D eigenvalue weighted by molar-refractivity contribution is 0.601. The van der Waals surface area contributed by atoms with Gasteiger partial charge in [0.05, 0.1) is 20.6 Å². The zero-order valence-corrected chi connectivity index (χ0v) is 12.9. The number of halogens is 2. The molecule has 7 heteroatoms. The van der Waals surface area contributed by atoms with Crippen LogP contribution in [0.5, 0.6) is 0 Å². The molecule has 0 spiro atoms. The summed E-state index contributed by atoms with van der Waals surface area (Å²) in [5, 5.41) is 3.40. The maximum absolute atomic E-state index is 12.3. The van der Waals surface area contributed by atoms with Gasteiger partial charge >= 0.3 is 0 Å². The molecular weight excluding hydrogens is 319 g/mol.